The third-order valence-electron chi connectivity index (χ3n) is 4.43. The molecule has 1 spiro atoms. The van der Waals surface area contributed by atoms with Crippen molar-refractivity contribution in [1.82, 2.24) is 10.2 Å². The molecule has 120 valence electrons. The first-order chi connectivity index (χ1) is 9.66. The Balaban J connectivity index is 2.28. The van der Waals surface area contributed by atoms with E-state index in [9.17, 15) is 18.0 Å². The van der Waals surface area contributed by atoms with Crippen molar-refractivity contribution in [3.05, 3.63) is 0 Å². The summed E-state index contributed by atoms with van der Waals surface area (Å²) in [6.07, 6.45) is 4.28. The van der Waals surface area contributed by atoms with Crippen molar-refractivity contribution in [2.45, 2.75) is 51.1 Å². The molecule has 2 fully saturated rings. The van der Waals surface area contributed by atoms with Crippen LogP contribution in [0.2, 0.25) is 0 Å². The van der Waals surface area contributed by atoms with Gasteiger partial charge in [-0.3, -0.25) is 9.59 Å². The molecule has 0 bridgehead atoms. The van der Waals surface area contributed by atoms with Crippen LogP contribution in [-0.4, -0.2) is 55.3 Å². The largest absolute Gasteiger partial charge is 0.340 e. The van der Waals surface area contributed by atoms with E-state index in [4.69, 9.17) is 0 Å². The van der Waals surface area contributed by atoms with Gasteiger partial charge in [-0.05, 0) is 18.8 Å². The second-order valence-electron chi connectivity index (χ2n) is 6.60. The molecule has 1 saturated heterocycles. The van der Waals surface area contributed by atoms with E-state index in [1.165, 1.54) is 4.90 Å². The number of amides is 2. The molecule has 1 unspecified atom stereocenters. The molecule has 0 aromatic heterocycles. The van der Waals surface area contributed by atoms with E-state index in [0.29, 0.717) is 12.8 Å². The average molecular weight is 316 g/mol. The predicted molar refractivity (Wildman–Crippen MR) is 79.4 cm³/mol. The Morgan fingerprint density at radius 1 is 1.29 bits per heavy atom. The van der Waals surface area contributed by atoms with Crippen molar-refractivity contribution in [3.63, 3.8) is 0 Å². The normalized spacial score (nSPS) is 25.7. The van der Waals surface area contributed by atoms with Gasteiger partial charge in [0.05, 0.1) is 5.75 Å². The lowest BCUT2D eigenvalue weighted by molar-refractivity contribution is -0.156. The predicted octanol–water partition coefficient (Wildman–Crippen LogP) is 0.327. The van der Waals surface area contributed by atoms with Crippen molar-refractivity contribution in [2.24, 2.45) is 5.92 Å². The average Bonchev–Trinajstić information content (AvgIpc) is 2.79. The Morgan fingerprint density at radius 3 is 2.33 bits per heavy atom. The number of nitrogens with one attached hydrogen (secondary N) is 1. The molecule has 2 aliphatic rings. The minimum atomic E-state index is -3.17. The van der Waals surface area contributed by atoms with Gasteiger partial charge < -0.3 is 10.2 Å². The molecule has 21 heavy (non-hydrogen) atoms. The van der Waals surface area contributed by atoms with E-state index in [0.717, 1.165) is 19.1 Å². The summed E-state index contributed by atoms with van der Waals surface area (Å²) >= 11 is 0. The molecule has 0 radical (unpaired) electrons. The molecule has 1 aliphatic heterocycles. The first-order valence-electron chi connectivity index (χ1n) is 7.47. The van der Waals surface area contributed by atoms with Crippen molar-refractivity contribution < 1.29 is 18.0 Å². The number of hydrogen-bond donors (Lipinski definition) is 1. The van der Waals surface area contributed by atoms with Gasteiger partial charge in [-0.2, -0.15) is 0 Å². The molecule has 0 aromatic carbocycles. The maximum Gasteiger partial charge on any atom is 0.249 e. The van der Waals surface area contributed by atoms with Crippen LogP contribution in [0.1, 0.15) is 39.5 Å². The molecule has 2 rings (SSSR count). The zero-order valence-electron chi connectivity index (χ0n) is 12.9. The van der Waals surface area contributed by atoms with Gasteiger partial charge in [0.2, 0.25) is 11.8 Å². The molecule has 7 heteroatoms. The van der Waals surface area contributed by atoms with Crippen LogP contribution in [0.15, 0.2) is 0 Å². The minimum Gasteiger partial charge on any atom is -0.340 e. The highest BCUT2D eigenvalue weighted by Gasteiger charge is 2.52. The Morgan fingerprint density at radius 2 is 1.86 bits per heavy atom. The number of piperazine rings is 1. The van der Waals surface area contributed by atoms with Crippen LogP contribution in [0, 0.1) is 5.92 Å². The van der Waals surface area contributed by atoms with Crippen molar-refractivity contribution in [2.75, 3.05) is 18.6 Å². The third kappa shape index (κ3) is 3.22. The van der Waals surface area contributed by atoms with Crippen molar-refractivity contribution in [3.8, 4) is 0 Å². The monoisotopic (exact) mass is 316 g/mol. The topological polar surface area (TPSA) is 83.6 Å². The summed E-state index contributed by atoms with van der Waals surface area (Å²) in [4.78, 5) is 26.8. The second-order valence-corrected chi connectivity index (χ2v) is 8.86. The zero-order chi connectivity index (χ0) is 15.8. The lowest BCUT2D eigenvalue weighted by Crippen LogP contribution is -2.70. The van der Waals surface area contributed by atoms with Gasteiger partial charge in [0, 0.05) is 12.8 Å². The summed E-state index contributed by atoms with van der Waals surface area (Å²) in [6.45, 7) is 3.84. The second kappa shape index (κ2) is 5.59. The Bertz CT molecular complexity index is 535. The van der Waals surface area contributed by atoms with Crippen LogP contribution in [-0.2, 0) is 19.4 Å². The lowest BCUT2D eigenvalue weighted by Gasteiger charge is -2.45. The third-order valence-corrected chi connectivity index (χ3v) is 5.35. The van der Waals surface area contributed by atoms with Gasteiger partial charge in [0.15, 0.2) is 0 Å². The summed E-state index contributed by atoms with van der Waals surface area (Å²) in [6, 6.07) is -0.578. The quantitative estimate of drug-likeness (QED) is 0.810. The molecule has 2 amide bonds. The Hall–Kier alpha value is -1.11. The smallest absolute Gasteiger partial charge is 0.249 e. The summed E-state index contributed by atoms with van der Waals surface area (Å²) in [5.41, 5.74) is -0.792. The lowest BCUT2D eigenvalue weighted by atomic mass is 9.87. The van der Waals surface area contributed by atoms with Gasteiger partial charge in [-0.15, -0.1) is 0 Å². The van der Waals surface area contributed by atoms with Crippen LogP contribution >= 0.6 is 0 Å². The molecule has 1 saturated carbocycles. The molecule has 1 heterocycles. The van der Waals surface area contributed by atoms with Gasteiger partial charge in [0.25, 0.3) is 0 Å². The zero-order valence-corrected chi connectivity index (χ0v) is 13.7. The summed E-state index contributed by atoms with van der Waals surface area (Å²) in [5.74, 6) is -0.417. The van der Waals surface area contributed by atoms with Gasteiger partial charge in [-0.25, -0.2) is 8.42 Å². The minimum absolute atomic E-state index is 0.0488. The fraction of sp³-hybridized carbons (Fsp3) is 0.857. The Labute approximate surface area is 126 Å². The number of carbonyl (C=O) groups is 2. The van der Waals surface area contributed by atoms with E-state index in [1.54, 1.807) is 0 Å². The van der Waals surface area contributed by atoms with Crippen LogP contribution < -0.4 is 5.32 Å². The van der Waals surface area contributed by atoms with E-state index < -0.39 is 21.4 Å². The Kier molecular flexibility index (Phi) is 4.33. The first-order valence-corrected chi connectivity index (χ1v) is 9.53. The standard InChI is InChI=1S/C14H24N2O4S/c1-10(2)11-12(17)15-14(6-4-5-7-14)13(18)16(11)8-9-21(3,19)20/h10-11H,4-9H2,1-3H3,(H,15,17). The fourth-order valence-electron chi connectivity index (χ4n) is 3.39. The highest BCUT2D eigenvalue weighted by molar-refractivity contribution is 7.90. The van der Waals surface area contributed by atoms with Crippen LogP contribution in [0.25, 0.3) is 0 Å². The number of hydrogen-bond acceptors (Lipinski definition) is 4. The van der Waals surface area contributed by atoms with Crippen molar-refractivity contribution >= 4 is 21.7 Å². The number of carbonyl (C=O) groups excluding carboxylic acids is 2. The van der Waals surface area contributed by atoms with Gasteiger partial charge in [-0.1, -0.05) is 26.7 Å². The first kappa shape index (κ1) is 16.3. The SMILES string of the molecule is CC(C)C1C(=O)NC2(CCCC2)C(=O)N1CCS(C)(=O)=O. The number of rotatable bonds is 4. The van der Waals surface area contributed by atoms with E-state index in [-0.39, 0.29) is 30.0 Å². The molecule has 1 N–H and O–H groups in total. The van der Waals surface area contributed by atoms with E-state index in [2.05, 4.69) is 5.32 Å². The molecule has 1 atom stereocenters. The van der Waals surface area contributed by atoms with Crippen molar-refractivity contribution in [1.29, 1.82) is 0 Å². The van der Waals surface area contributed by atoms with Crippen LogP contribution in [0.3, 0.4) is 0 Å². The van der Waals surface area contributed by atoms with Crippen LogP contribution in [0.4, 0.5) is 0 Å². The highest BCUT2D eigenvalue weighted by Crippen LogP contribution is 2.35. The number of sulfone groups is 1. The number of nitrogens with zero attached hydrogens (tertiary/aromatic N) is 1. The summed E-state index contributed by atoms with van der Waals surface area (Å²) in [7, 11) is -3.17. The van der Waals surface area contributed by atoms with Crippen LogP contribution in [0.5, 0.6) is 0 Å². The molecular formula is C14H24N2O4S. The van der Waals surface area contributed by atoms with E-state index in [1.807, 2.05) is 13.8 Å². The highest BCUT2D eigenvalue weighted by atomic mass is 32.2. The van der Waals surface area contributed by atoms with Gasteiger partial charge in [0.1, 0.15) is 21.4 Å². The molecular weight excluding hydrogens is 292 g/mol. The fourth-order valence-corrected chi connectivity index (χ4v) is 3.92. The maximum absolute atomic E-state index is 12.8. The van der Waals surface area contributed by atoms with E-state index >= 15 is 0 Å². The summed E-state index contributed by atoms with van der Waals surface area (Å²) < 4.78 is 22.8. The molecule has 0 aromatic rings. The molecule has 1 aliphatic carbocycles. The maximum atomic E-state index is 12.8. The summed E-state index contributed by atoms with van der Waals surface area (Å²) in [5, 5.41) is 2.92. The molecule has 6 nitrogen and oxygen atoms in total. The van der Waals surface area contributed by atoms with Gasteiger partial charge >= 0.3 is 0 Å².